The van der Waals surface area contributed by atoms with Crippen LogP contribution in [0.3, 0.4) is 0 Å². The van der Waals surface area contributed by atoms with Crippen molar-refractivity contribution in [1.29, 1.82) is 0 Å². The predicted octanol–water partition coefficient (Wildman–Crippen LogP) is 3.13. The maximum Gasteiger partial charge on any atom is 0.409 e. The molecule has 1 aromatic carbocycles. The summed E-state index contributed by atoms with van der Waals surface area (Å²) in [6.07, 6.45) is -0.511. The summed E-state index contributed by atoms with van der Waals surface area (Å²) in [6.45, 7) is 9.81. The van der Waals surface area contributed by atoms with E-state index < -0.39 is 11.7 Å². The minimum absolute atomic E-state index is 0.172. The van der Waals surface area contributed by atoms with Crippen LogP contribution in [0.15, 0.2) is 24.3 Å². The fraction of sp³-hybridized carbons (Fsp3) is 0.421. The van der Waals surface area contributed by atoms with Gasteiger partial charge < -0.3 is 26.1 Å². The number of nitrogen functional groups attached to an aromatic ring is 1. The molecule has 3 rings (SSSR count). The second-order valence-electron chi connectivity index (χ2n) is 6.71. The van der Waals surface area contributed by atoms with Gasteiger partial charge in [0.05, 0.1) is 24.2 Å². The van der Waals surface area contributed by atoms with E-state index in [1.54, 1.807) is 0 Å². The van der Waals surface area contributed by atoms with E-state index in [2.05, 4.69) is 15.3 Å². The number of aromatic nitrogens is 3. The van der Waals surface area contributed by atoms with Crippen LogP contribution in [-0.2, 0) is 18.0 Å². The van der Waals surface area contributed by atoms with Gasteiger partial charge >= 0.3 is 6.09 Å². The van der Waals surface area contributed by atoms with Crippen LogP contribution in [0.2, 0.25) is 0 Å². The number of pyridine rings is 1. The quantitative estimate of drug-likeness (QED) is 0.649. The lowest BCUT2D eigenvalue weighted by molar-refractivity contribution is 0.0512. The number of nitrogens with zero attached hydrogens (tertiary/aromatic N) is 3. The second kappa shape index (κ2) is 8.22. The van der Waals surface area contributed by atoms with E-state index in [9.17, 15) is 4.79 Å². The van der Waals surface area contributed by atoms with E-state index in [1.165, 1.54) is 0 Å². The van der Waals surface area contributed by atoms with Gasteiger partial charge in [-0.1, -0.05) is 32.0 Å². The first-order chi connectivity index (χ1) is 12.8. The normalized spacial score (nSPS) is 11.2. The number of fused-ring (bicyclic) bond motifs is 3. The predicted molar refractivity (Wildman–Crippen MR) is 108 cm³/mol. The summed E-state index contributed by atoms with van der Waals surface area (Å²) >= 11 is 0. The van der Waals surface area contributed by atoms with Gasteiger partial charge in [-0.3, -0.25) is 0 Å². The molecule has 0 bridgehead atoms. The Balaban J connectivity index is 0.00000126. The van der Waals surface area contributed by atoms with Crippen molar-refractivity contribution >= 4 is 33.8 Å². The number of imidazole rings is 1. The standard InChI is InChI=1S/C17H22N6O2.C2H6/c1-17(2,3)25-16(24)20-9-23-12(8-18)22-13-14(23)10-6-4-5-7-11(10)21-15(13)19;1-2/h4-7H,8-9,18H2,1-3H3,(H2,19,21)(H,20,24);1-2H3. The molecule has 0 aliphatic carbocycles. The zero-order chi connectivity index (χ0) is 20.2. The Kier molecular flexibility index (Phi) is 6.22. The molecule has 8 heteroatoms. The van der Waals surface area contributed by atoms with Crippen LogP contribution in [0.4, 0.5) is 10.6 Å². The van der Waals surface area contributed by atoms with Crippen molar-refractivity contribution in [2.75, 3.05) is 5.73 Å². The average molecular weight is 372 g/mol. The Hall–Kier alpha value is -2.87. The third-order valence-electron chi connectivity index (χ3n) is 3.65. The van der Waals surface area contributed by atoms with E-state index in [4.69, 9.17) is 16.2 Å². The molecule has 27 heavy (non-hydrogen) atoms. The summed E-state index contributed by atoms with van der Waals surface area (Å²) < 4.78 is 7.11. The topological polar surface area (TPSA) is 121 Å². The van der Waals surface area contributed by atoms with Crippen LogP contribution in [0.5, 0.6) is 0 Å². The fourth-order valence-corrected chi connectivity index (χ4v) is 2.69. The van der Waals surface area contributed by atoms with Crippen LogP contribution >= 0.6 is 0 Å². The summed E-state index contributed by atoms with van der Waals surface area (Å²) in [6, 6.07) is 7.63. The van der Waals surface area contributed by atoms with Gasteiger partial charge in [-0.25, -0.2) is 14.8 Å². The number of nitrogens with one attached hydrogen (secondary N) is 1. The molecule has 0 spiro atoms. The number of benzene rings is 1. The monoisotopic (exact) mass is 372 g/mol. The molecule has 0 unspecified atom stereocenters. The van der Waals surface area contributed by atoms with Crippen LogP contribution < -0.4 is 16.8 Å². The van der Waals surface area contributed by atoms with Gasteiger partial charge in [0.1, 0.15) is 16.9 Å². The number of nitrogens with two attached hydrogens (primary N) is 2. The van der Waals surface area contributed by atoms with Gasteiger partial charge in [0.15, 0.2) is 5.82 Å². The highest BCUT2D eigenvalue weighted by molar-refractivity contribution is 6.06. The number of para-hydroxylation sites is 1. The number of hydrogen-bond acceptors (Lipinski definition) is 6. The lowest BCUT2D eigenvalue weighted by Crippen LogP contribution is -2.34. The van der Waals surface area contributed by atoms with Crippen LogP contribution in [-0.4, -0.2) is 26.2 Å². The summed E-state index contributed by atoms with van der Waals surface area (Å²) in [7, 11) is 0. The summed E-state index contributed by atoms with van der Waals surface area (Å²) in [5, 5.41) is 3.63. The van der Waals surface area contributed by atoms with Gasteiger partial charge in [-0.15, -0.1) is 0 Å². The van der Waals surface area contributed by atoms with E-state index in [0.717, 1.165) is 16.4 Å². The summed E-state index contributed by atoms with van der Waals surface area (Å²) in [5.74, 6) is 0.940. The van der Waals surface area contributed by atoms with E-state index in [0.29, 0.717) is 17.2 Å². The molecule has 0 aliphatic rings. The molecule has 0 aliphatic heterocycles. The number of carbonyl (C=O) groups excluding carboxylic acids is 1. The van der Waals surface area contributed by atoms with Gasteiger partial charge in [-0.05, 0) is 26.8 Å². The smallest absolute Gasteiger partial charge is 0.409 e. The Morgan fingerprint density at radius 2 is 1.89 bits per heavy atom. The molecule has 5 N–H and O–H groups in total. The Morgan fingerprint density at radius 3 is 2.52 bits per heavy atom. The van der Waals surface area contributed by atoms with Gasteiger partial charge in [0.25, 0.3) is 0 Å². The molecule has 8 nitrogen and oxygen atoms in total. The van der Waals surface area contributed by atoms with E-state index in [-0.39, 0.29) is 13.2 Å². The molecular formula is C19H28N6O2. The van der Waals surface area contributed by atoms with Gasteiger partial charge in [0, 0.05) is 5.39 Å². The minimum atomic E-state index is -0.571. The Morgan fingerprint density at radius 1 is 1.22 bits per heavy atom. The Labute approximate surface area is 158 Å². The SMILES string of the molecule is CC.CC(C)(C)OC(=O)NCn1c(CN)nc2c(N)nc3ccccc3c21. The highest BCUT2D eigenvalue weighted by Gasteiger charge is 2.19. The van der Waals surface area contributed by atoms with E-state index in [1.807, 2.05) is 63.5 Å². The maximum absolute atomic E-state index is 12.0. The maximum atomic E-state index is 12.0. The molecular weight excluding hydrogens is 344 g/mol. The number of hydrogen-bond donors (Lipinski definition) is 3. The van der Waals surface area contributed by atoms with Crippen LogP contribution in [0, 0.1) is 0 Å². The first kappa shape index (κ1) is 20.4. The molecule has 0 saturated heterocycles. The van der Waals surface area contributed by atoms with Crippen LogP contribution in [0.1, 0.15) is 40.4 Å². The number of anilines is 1. The third-order valence-corrected chi connectivity index (χ3v) is 3.65. The average Bonchev–Trinajstić information content (AvgIpc) is 3.00. The molecule has 0 fully saturated rings. The van der Waals surface area contributed by atoms with Crippen molar-refractivity contribution in [3.05, 3.63) is 30.1 Å². The zero-order valence-electron chi connectivity index (χ0n) is 16.5. The van der Waals surface area contributed by atoms with Gasteiger partial charge in [0.2, 0.25) is 0 Å². The second-order valence-corrected chi connectivity index (χ2v) is 6.71. The van der Waals surface area contributed by atoms with Crippen molar-refractivity contribution in [1.82, 2.24) is 19.9 Å². The van der Waals surface area contributed by atoms with Crippen molar-refractivity contribution in [2.24, 2.45) is 5.73 Å². The third kappa shape index (κ3) is 4.46. The van der Waals surface area contributed by atoms with Crippen molar-refractivity contribution in [3.63, 3.8) is 0 Å². The zero-order valence-corrected chi connectivity index (χ0v) is 16.5. The number of ether oxygens (including phenoxy) is 1. The summed E-state index contributed by atoms with van der Waals surface area (Å²) in [5.41, 5.74) is 13.4. The molecule has 2 heterocycles. The Bertz CT molecular complexity index is 943. The lowest BCUT2D eigenvalue weighted by Gasteiger charge is -2.20. The number of rotatable bonds is 3. The minimum Gasteiger partial charge on any atom is -0.444 e. The highest BCUT2D eigenvalue weighted by atomic mass is 16.6. The fourth-order valence-electron chi connectivity index (χ4n) is 2.69. The summed E-state index contributed by atoms with van der Waals surface area (Å²) in [4.78, 5) is 20.9. The number of amides is 1. The van der Waals surface area contributed by atoms with Gasteiger partial charge in [-0.2, -0.15) is 0 Å². The van der Waals surface area contributed by atoms with Crippen molar-refractivity contribution < 1.29 is 9.53 Å². The lowest BCUT2D eigenvalue weighted by atomic mass is 10.2. The first-order valence-corrected chi connectivity index (χ1v) is 9.00. The first-order valence-electron chi connectivity index (χ1n) is 9.00. The number of carbonyl (C=O) groups is 1. The molecule has 0 radical (unpaired) electrons. The number of alkyl carbamates (subject to hydrolysis) is 1. The highest BCUT2D eigenvalue weighted by Crippen LogP contribution is 2.28. The molecule has 3 aromatic rings. The van der Waals surface area contributed by atoms with Crippen molar-refractivity contribution in [2.45, 2.75) is 53.4 Å². The van der Waals surface area contributed by atoms with Crippen molar-refractivity contribution in [3.8, 4) is 0 Å². The molecule has 0 atom stereocenters. The molecule has 2 aromatic heterocycles. The molecule has 0 saturated carbocycles. The van der Waals surface area contributed by atoms with Crippen LogP contribution in [0.25, 0.3) is 21.9 Å². The molecule has 146 valence electrons. The largest absolute Gasteiger partial charge is 0.444 e. The van der Waals surface area contributed by atoms with E-state index >= 15 is 0 Å². The molecule has 1 amide bonds.